The minimum absolute atomic E-state index is 0.133. The Morgan fingerprint density at radius 1 is 0.839 bits per heavy atom. The van der Waals surface area contributed by atoms with Gasteiger partial charge in [0.25, 0.3) is 5.91 Å². The maximum atomic E-state index is 13.1. The Balaban J connectivity index is 1.52. The smallest absolute Gasteiger partial charge is 0.339 e. The first-order chi connectivity index (χ1) is 15.0. The number of carbonyl (C=O) groups excluding carboxylic acids is 2. The number of carbonyl (C=O) groups is 2. The Morgan fingerprint density at radius 2 is 1.52 bits per heavy atom. The van der Waals surface area contributed by atoms with Crippen LogP contribution in [0, 0.1) is 0 Å². The summed E-state index contributed by atoms with van der Waals surface area (Å²) >= 11 is 0. The van der Waals surface area contributed by atoms with Gasteiger partial charge < -0.3 is 9.64 Å². The van der Waals surface area contributed by atoms with Gasteiger partial charge in [-0.3, -0.25) is 9.10 Å². The van der Waals surface area contributed by atoms with Crippen LogP contribution in [0.1, 0.15) is 47.7 Å². The lowest BCUT2D eigenvalue weighted by Crippen LogP contribution is -2.40. The number of hydrogen-bond acceptors (Lipinski definition) is 5. The van der Waals surface area contributed by atoms with Gasteiger partial charge in [-0.1, -0.05) is 30.3 Å². The number of likely N-dealkylation sites (tertiary alicyclic amines) is 1. The first-order valence-corrected chi connectivity index (χ1v) is 12.2. The summed E-state index contributed by atoms with van der Waals surface area (Å²) in [6, 6.07) is 15.3. The van der Waals surface area contributed by atoms with Crippen molar-refractivity contribution in [2.75, 3.05) is 29.7 Å². The number of hydrogen-bond donors (Lipinski definition) is 0. The third kappa shape index (κ3) is 4.74. The second-order valence-corrected chi connectivity index (χ2v) is 9.88. The van der Waals surface area contributed by atoms with E-state index < -0.39 is 22.1 Å². The highest BCUT2D eigenvalue weighted by molar-refractivity contribution is 7.93. The standard InChI is InChI=1S/C23H26N2O5S/c26-22(24-14-5-2-6-15-24)21(18-8-3-1-4-9-18)30-23(27)19-10-12-20(13-11-19)25-16-7-17-31(25,28)29/h1,3-4,8-13,21H,2,5-7,14-17H2/t21-/m0/s1. The maximum Gasteiger partial charge on any atom is 0.339 e. The molecule has 1 atom stereocenters. The van der Waals surface area contributed by atoms with Gasteiger partial charge in [-0.05, 0) is 49.9 Å². The van der Waals surface area contributed by atoms with Crippen molar-refractivity contribution in [3.8, 4) is 0 Å². The van der Waals surface area contributed by atoms with Crippen molar-refractivity contribution in [3.05, 3.63) is 65.7 Å². The first-order valence-electron chi connectivity index (χ1n) is 10.6. The quantitative estimate of drug-likeness (QED) is 0.665. The molecule has 0 saturated carbocycles. The van der Waals surface area contributed by atoms with E-state index in [2.05, 4.69) is 0 Å². The van der Waals surface area contributed by atoms with Gasteiger partial charge >= 0.3 is 5.97 Å². The largest absolute Gasteiger partial charge is 0.444 e. The van der Waals surface area contributed by atoms with Gasteiger partial charge in [0.05, 0.1) is 17.0 Å². The van der Waals surface area contributed by atoms with E-state index in [4.69, 9.17) is 4.74 Å². The van der Waals surface area contributed by atoms with Crippen LogP contribution in [0.4, 0.5) is 5.69 Å². The summed E-state index contributed by atoms with van der Waals surface area (Å²) in [4.78, 5) is 27.8. The van der Waals surface area contributed by atoms with Gasteiger partial charge in [-0.15, -0.1) is 0 Å². The minimum atomic E-state index is -3.28. The van der Waals surface area contributed by atoms with Crippen molar-refractivity contribution in [2.45, 2.75) is 31.8 Å². The van der Waals surface area contributed by atoms with E-state index in [1.807, 2.05) is 18.2 Å². The Kier molecular flexibility index (Phi) is 6.27. The molecule has 2 fully saturated rings. The number of rotatable bonds is 5. The van der Waals surface area contributed by atoms with Crippen LogP contribution in [-0.4, -0.2) is 50.6 Å². The zero-order valence-corrected chi connectivity index (χ0v) is 18.1. The van der Waals surface area contributed by atoms with E-state index in [1.165, 1.54) is 4.31 Å². The number of sulfonamides is 1. The van der Waals surface area contributed by atoms with Crippen LogP contribution in [-0.2, 0) is 19.6 Å². The number of benzene rings is 2. The number of nitrogens with zero attached hydrogens (tertiary/aromatic N) is 2. The van der Waals surface area contributed by atoms with Crippen LogP contribution in [0.3, 0.4) is 0 Å². The zero-order chi connectivity index (χ0) is 21.8. The highest BCUT2D eigenvalue weighted by Crippen LogP contribution is 2.27. The van der Waals surface area contributed by atoms with Gasteiger partial charge in [0.15, 0.2) is 0 Å². The highest BCUT2D eigenvalue weighted by Gasteiger charge is 2.31. The SMILES string of the molecule is O=C(O[C@H](C(=O)N1CCCCC1)c1ccccc1)c1ccc(N2CCCS2(=O)=O)cc1. The summed E-state index contributed by atoms with van der Waals surface area (Å²) in [6.07, 6.45) is 2.57. The van der Waals surface area contributed by atoms with E-state index in [0.717, 1.165) is 19.3 Å². The number of piperidine rings is 1. The molecular formula is C23H26N2O5S. The molecule has 0 aliphatic carbocycles. The van der Waals surface area contributed by atoms with E-state index in [9.17, 15) is 18.0 Å². The summed E-state index contributed by atoms with van der Waals surface area (Å²) in [5.74, 6) is -0.692. The summed E-state index contributed by atoms with van der Waals surface area (Å²) in [5, 5.41) is 0. The van der Waals surface area contributed by atoms with Gasteiger partial charge in [0, 0.05) is 25.2 Å². The van der Waals surface area contributed by atoms with Gasteiger partial charge in [0.2, 0.25) is 16.1 Å². The van der Waals surface area contributed by atoms with Gasteiger partial charge in [0.1, 0.15) is 0 Å². The third-order valence-electron chi connectivity index (χ3n) is 5.71. The van der Waals surface area contributed by atoms with Crippen molar-refractivity contribution in [1.29, 1.82) is 0 Å². The van der Waals surface area contributed by atoms with Crippen molar-refractivity contribution in [3.63, 3.8) is 0 Å². The highest BCUT2D eigenvalue weighted by atomic mass is 32.2. The summed E-state index contributed by atoms with van der Waals surface area (Å²) in [7, 11) is -3.28. The topological polar surface area (TPSA) is 84.0 Å². The molecule has 164 valence electrons. The van der Waals surface area contributed by atoms with Crippen molar-refractivity contribution in [1.82, 2.24) is 4.90 Å². The number of esters is 1. The molecule has 2 heterocycles. The fourth-order valence-electron chi connectivity index (χ4n) is 4.04. The Bertz CT molecular complexity index is 1030. The van der Waals surface area contributed by atoms with E-state index in [1.54, 1.807) is 41.3 Å². The van der Waals surface area contributed by atoms with E-state index in [-0.39, 0.29) is 17.2 Å². The van der Waals surface area contributed by atoms with Crippen molar-refractivity contribution in [2.24, 2.45) is 0 Å². The molecule has 0 bridgehead atoms. The molecule has 8 heteroatoms. The summed E-state index contributed by atoms with van der Waals surface area (Å²) in [5.41, 5.74) is 1.43. The lowest BCUT2D eigenvalue weighted by Gasteiger charge is -2.30. The second kappa shape index (κ2) is 9.09. The summed E-state index contributed by atoms with van der Waals surface area (Å²) in [6.45, 7) is 1.77. The van der Waals surface area contributed by atoms with Crippen LogP contribution in [0.15, 0.2) is 54.6 Å². The lowest BCUT2D eigenvalue weighted by atomic mass is 10.1. The molecule has 0 spiro atoms. The average Bonchev–Trinajstić information content (AvgIpc) is 3.17. The Hall–Kier alpha value is -2.87. The number of amides is 1. The predicted octanol–water partition coefficient (Wildman–Crippen LogP) is 3.14. The van der Waals surface area contributed by atoms with Crippen LogP contribution < -0.4 is 4.31 Å². The molecule has 7 nitrogen and oxygen atoms in total. The number of ether oxygens (including phenoxy) is 1. The predicted molar refractivity (Wildman–Crippen MR) is 117 cm³/mol. The molecule has 2 saturated heterocycles. The number of anilines is 1. The first kappa shape index (κ1) is 21.4. The second-order valence-electron chi connectivity index (χ2n) is 7.87. The van der Waals surface area contributed by atoms with Crippen molar-refractivity contribution < 1.29 is 22.7 Å². The fraction of sp³-hybridized carbons (Fsp3) is 0.391. The molecule has 0 N–H and O–H groups in total. The summed E-state index contributed by atoms with van der Waals surface area (Å²) < 4.78 is 31.2. The average molecular weight is 443 g/mol. The lowest BCUT2D eigenvalue weighted by molar-refractivity contribution is -0.142. The van der Waals surface area contributed by atoms with Crippen LogP contribution in [0.5, 0.6) is 0 Å². The normalized spacial score (nSPS) is 19.1. The van der Waals surface area contributed by atoms with Gasteiger partial charge in [-0.25, -0.2) is 13.2 Å². The van der Waals surface area contributed by atoms with Crippen LogP contribution in [0.25, 0.3) is 0 Å². The molecule has 2 aromatic rings. The molecule has 31 heavy (non-hydrogen) atoms. The van der Waals surface area contributed by atoms with Crippen molar-refractivity contribution >= 4 is 27.6 Å². The zero-order valence-electron chi connectivity index (χ0n) is 17.3. The minimum Gasteiger partial charge on any atom is -0.444 e. The molecule has 1 amide bonds. The molecule has 0 aromatic heterocycles. The monoisotopic (exact) mass is 442 g/mol. The van der Waals surface area contributed by atoms with E-state index in [0.29, 0.717) is 37.3 Å². The van der Waals surface area contributed by atoms with E-state index >= 15 is 0 Å². The fourth-order valence-corrected chi connectivity index (χ4v) is 5.60. The Morgan fingerprint density at radius 3 is 2.13 bits per heavy atom. The molecule has 2 aliphatic heterocycles. The maximum absolute atomic E-state index is 13.1. The molecule has 4 rings (SSSR count). The van der Waals surface area contributed by atoms with Crippen LogP contribution >= 0.6 is 0 Å². The van der Waals surface area contributed by atoms with Gasteiger partial charge in [-0.2, -0.15) is 0 Å². The molecular weight excluding hydrogens is 416 g/mol. The molecule has 2 aromatic carbocycles. The molecule has 0 radical (unpaired) electrons. The molecule has 2 aliphatic rings. The molecule has 0 unspecified atom stereocenters. The third-order valence-corrected chi connectivity index (χ3v) is 7.58. The Labute approximate surface area is 182 Å². The van der Waals surface area contributed by atoms with Crippen LogP contribution in [0.2, 0.25) is 0 Å².